The van der Waals surface area contributed by atoms with Crippen LogP contribution in [0.2, 0.25) is 0 Å². The molecule has 3 aromatic rings. The smallest absolute Gasteiger partial charge is 0.240 e. The van der Waals surface area contributed by atoms with Crippen LogP contribution >= 0.6 is 0 Å². The van der Waals surface area contributed by atoms with Crippen LogP contribution in [0, 0.1) is 13.8 Å². The number of sulfonamides is 1. The van der Waals surface area contributed by atoms with Crippen molar-refractivity contribution in [1.29, 1.82) is 0 Å². The predicted molar refractivity (Wildman–Crippen MR) is 106 cm³/mol. The van der Waals surface area contributed by atoms with E-state index in [4.69, 9.17) is 0 Å². The lowest BCUT2D eigenvalue weighted by molar-refractivity contribution is -0.116. The molecular formula is C20H21N3O3S. The Kier molecular flexibility index (Phi) is 5.53. The van der Waals surface area contributed by atoms with Crippen LogP contribution in [0.25, 0.3) is 10.9 Å². The molecule has 0 aliphatic rings. The Balaban J connectivity index is 1.57. The van der Waals surface area contributed by atoms with Crippen LogP contribution in [0.3, 0.4) is 0 Å². The van der Waals surface area contributed by atoms with Gasteiger partial charge in [0.2, 0.25) is 15.9 Å². The van der Waals surface area contributed by atoms with E-state index in [9.17, 15) is 13.2 Å². The first-order chi connectivity index (χ1) is 12.8. The number of nitrogens with one attached hydrogen (secondary N) is 2. The van der Waals surface area contributed by atoms with Gasteiger partial charge < -0.3 is 5.32 Å². The van der Waals surface area contributed by atoms with Gasteiger partial charge in [-0.2, -0.15) is 0 Å². The first-order valence-electron chi connectivity index (χ1n) is 8.57. The predicted octanol–water partition coefficient (Wildman–Crippen LogP) is 3.16. The highest BCUT2D eigenvalue weighted by atomic mass is 32.2. The molecule has 0 fully saturated rings. The van der Waals surface area contributed by atoms with Gasteiger partial charge in [-0.15, -0.1) is 0 Å². The van der Waals surface area contributed by atoms with E-state index in [1.165, 1.54) is 0 Å². The zero-order valence-corrected chi connectivity index (χ0v) is 16.0. The van der Waals surface area contributed by atoms with E-state index in [2.05, 4.69) is 15.0 Å². The van der Waals surface area contributed by atoms with Crippen molar-refractivity contribution in [3.8, 4) is 0 Å². The summed E-state index contributed by atoms with van der Waals surface area (Å²) < 4.78 is 27.1. The molecule has 0 aliphatic heterocycles. The minimum absolute atomic E-state index is 0.0160. The second kappa shape index (κ2) is 7.85. The third-order valence-electron chi connectivity index (χ3n) is 4.31. The summed E-state index contributed by atoms with van der Waals surface area (Å²) in [5.74, 6) is -0.283. The molecule has 0 spiro atoms. The van der Waals surface area contributed by atoms with Crippen molar-refractivity contribution in [3.63, 3.8) is 0 Å². The van der Waals surface area contributed by atoms with Gasteiger partial charge >= 0.3 is 0 Å². The standard InChI is InChI=1S/C20H21N3O3S/c1-14-7-8-18(11-15(14)2)27(25,26)22-10-9-20(24)23-17-12-16-5-3-4-6-19(16)21-13-17/h3-8,11-13,22H,9-10H2,1-2H3,(H,23,24). The van der Waals surface area contributed by atoms with Crippen LogP contribution in [0.1, 0.15) is 17.5 Å². The lowest BCUT2D eigenvalue weighted by Gasteiger charge is -2.09. The van der Waals surface area contributed by atoms with Crippen LogP contribution in [0.5, 0.6) is 0 Å². The molecule has 0 saturated heterocycles. The molecule has 0 unspecified atom stereocenters. The van der Waals surface area contributed by atoms with Crippen molar-refractivity contribution in [2.75, 3.05) is 11.9 Å². The molecule has 6 nitrogen and oxygen atoms in total. The second-order valence-corrected chi connectivity index (χ2v) is 8.13. The molecule has 0 saturated carbocycles. The highest BCUT2D eigenvalue weighted by molar-refractivity contribution is 7.89. The summed E-state index contributed by atoms with van der Waals surface area (Å²) in [4.78, 5) is 16.6. The molecule has 0 atom stereocenters. The highest BCUT2D eigenvalue weighted by Gasteiger charge is 2.15. The maximum atomic E-state index is 12.3. The molecule has 2 N–H and O–H groups in total. The van der Waals surface area contributed by atoms with Crippen LogP contribution in [-0.2, 0) is 14.8 Å². The molecule has 3 rings (SSSR count). The molecule has 140 valence electrons. The monoisotopic (exact) mass is 383 g/mol. The summed E-state index contributed by atoms with van der Waals surface area (Å²) in [6, 6.07) is 14.4. The maximum absolute atomic E-state index is 12.3. The van der Waals surface area contributed by atoms with Gasteiger partial charge in [0.25, 0.3) is 0 Å². The van der Waals surface area contributed by atoms with Crippen molar-refractivity contribution in [2.24, 2.45) is 0 Å². The summed E-state index contributed by atoms with van der Waals surface area (Å²) in [7, 11) is -3.64. The number of hydrogen-bond donors (Lipinski definition) is 2. The molecule has 7 heteroatoms. The van der Waals surface area contributed by atoms with E-state index in [1.807, 2.05) is 44.2 Å². The Labute approximate surface area is 158 Å². The van der Waals surface area contributed by atoms with E-state index >= 15 is 0 Å². The summed E-state index contributed by atoms with van der Waals surface area (Å²) in [6.45, 7) is 3.80. The number of rotatable bonds is 6. The first kappa shape index (κ1) is 19.0. The molecule has 0 radical (unpaired) electrons. The van der Waals surface area contributed by atoms with Gasteiger partial charge in [-0.1, -0.05) is 24.3 Å². The summed E-state index contributed by atoms with van der Waals surface area (Å²) in [5.41, 5.74) is 3.35. The zero-order chi connectivity index (χ0) is 19.4. The van der Waals surface area contributed by atoms with Gasteiger partial charge in [-0.25, -0.2) is 13.1 Å². The molecule has 1 amide bonds. The third-order valence-corrected chi connectivity index (χ3v) is 5.77. The summed E-state index contributed by atoms with van der Waals surface area (Å²) in [5, 5.41) is 3.66. The van der Waals surface area contributed by atoms with E-state index < -0.39 is 10.0 Å². The number of benzene rings is 2. The van der Waals surface area contributed by atoms with Gasteiger partial charge in [0, 0.05) is 18.4 Å². The lowest BCUT2D eigenvalue weighted by Crippen LogP contribution is -2.28. The Morgan fingerprint density at radius 3 is 2.59 bits per heavy atom. The normalized spacial score (nSPS) is 11.5. The SMILES string of the molecule is Cc1ccc(S(=O)(=O)NCCC(=O)Nc2cnc3ccccc3c2)cc1C. The Hall–Kier alpha value is -2.77. The number of fused-ring (bicyclic) bond motifs is 1. The van der Waals surface area contributed by atoms with Crippen molar-refractivity contribution >= 4 is 32.5 Å². The number of anilines is 1. The number of carbonyl (C=O) groups excluding carboxylic acids is 1. The largest absolute Gasteiger partial charge is 0.325 e. The molecule has 1 aromatic heterocycles. The Morgan fingerprint density at radius 1 is 1.04 bits per heavy atom. The highest BCUT2D eigenvalue weighted by Crippen LogP contribution is 2.16. The number of aryl methyl sites for hydroxylation is 2. The lowest BCUT2D eigenvalue weighted by atomic mass is 10.1. The van der Waals surface area contributed by atoms with E-state index in [0.717, 1.165) is 22.0 Å². The third kappa shape index (κ3) is 4.69. The maximum Gasteiger partial charge on any atom is 0.240 e. The van der Waals surface area contributed by atoms with E-state index in [-0.39, 0.29) is 23.8 Å². The van der Waals surface area contributed by atoms with E-state index in [1.54, 1.807) is 24.4 Å². The number of hydrogen-bond acceptors (Lipinski definition) is 4. The van der Waals surface area contributed by atoms with Crippen molar-refractivity contribution in [3.05, 3.63) is 65.9 Å². The number of amides is 1. The fraction of sp³-hybridized carbons (Fsp3) is 0.200. The van der Waals surface area contributed by atoms with Gasteiger partial charge in [0.1, 0.15) is 0 Å². The minimum Gasteiger partial charge on any atom is -0.325 e. The van der Waals surface area contributed by atoms with Gasteiger partial charge in [0.05, 0.1) is 22.3 Å². The number of pyridine rings is 1. The van der Waals surface area contributed by atoms with Crippen molar-refractivity contribution in [2.45, 2.75) is 25.2 Å². The Bertz CT molecular complexity index is 1090. The fourth-order valence-corrected chi connectivity index (χ4v) is 3.74. The number of carbonyl (C=O) groups is 1. The van der Waals surface area contributed by atoms with E-state index in [0.29, 0.717) is 5.69 Å². The molecular weight excluding hydrogens is 362 g/mol. The number of nitrogens with zero attached hydrogens (tertiary/aromatic N) is 1. The Morgan fingerprint density at radius 2 is 1.81 bits per heavy atom. The second-order valence-electron chi connectivity index (χ2n) is 6.36. The van der Waals surface area contributed by atoms with Gasteiger partial charge in [0.15, 0.2) is 0 Å². The first-order valence-corrected chi connectivity index (χ1v) is 10.0. The van der Waals surface area contributed by atoms with Crippen molar-refractivity contribution in [1.82, 2.24) is 9.71 Å². The molecule has 1 heterocycles. The quantitative estimate of drug-likeness (QED) is 0.684. The number of aromatic nitrogens is 1. The minimum atomic E-state index is -3.64. The molecule has 2 aromatic carbocycles. The molecule has 0 aliphatic carbocycles. The number of para-hydroxylation sites is 1. The van der Waals surface area contributed by atoms with Crippen LogP contribution < -0.4 is 10.0 Å². The average Bonchev–Trinajstić information content (AvgIpc) is 2.63. The van der Waals surface area contributed by atoms with Gasteiger partial charge in [-0.3, -0.25) is 9.78 Å². The van der Waals surface area contributed by atoms with Crippen LogP contribution in [0.15, 0.2) is 59.6 Å². The van der Waals surface area contributed by atoms with Crippen LogP contribution in [0.4, 0.5) is 5.69 Å². The molecule has 27 heavy (non-hydrogen) atoms. The topological polar surface area (TPSA) is 88.2 Å². The molecule has 0 bridgehead atoms. The zero-order valence-electron chi connectivity index (χ0n) is 15.2. The van der Waals surface area contributed by atoms with Gasteiger partial charge in [-0.05, 0) is 49.2 Å². The average molecular weight is 383 g/mol. The fourth-order valence-electron chi connectivity index (χ4n) is 2.63. The van der Waals surface area contributed by atoms with Crippen molar-refractivity contribution < 1.29 is 13.2 Å². The summed E-state index contributed by atoms with van der Waals surface area (Å²) >= 11 is 0. The van der Waals surface area contributed by atoms with Crippen LogP contribution in [-0.4, -0.2) is 25.9 Å². The summed E-state index contributed by atoms with van der Waals surface area (Å²) in [6.07, 6.45) is 1.61.